The Hall–Kier alpha value is -3.91. The van der Waals surface area contributed by atoms with Crippen LogP contribution in [0, 0.1) is 0 Å². The van der Waals surface area contributed by atoms with E-state index in [1.165, 1.54) is 11.3 Å². The van der Waals surface area contributed by atoms with Crippen LogP contribution in [0.25, 0.3) is 10.6 Å². The van der Waals surface area contributed by atoms with E-state index in [4.69, 9.17) is 14.2 Å². The van der Waals surface area contributed by atoms with Crippen molar-refractivity contribution in [2.24, 2.45) is 0 Å². The number of carbonyl (C=O) groups excluding carboxylic acids is 1. The molecule has 2 heterocycles. The second-order valence-electron chi connectivity index (χ2n) is 7.06. The highest BCUT2D eigenvalue weighted by Crippen LogP contribution is 2.38. The molecule has 0 radical (unpaired) electrons. The van der Waals surface area contributed by atoms with Crippen molar-refractivity contribution in [1.82, 2.24) is 15.3 Å². The number of hydrogen-bond donors (Lipinski definition) is 1. The van der Waals surface area contributed by atoms with Crippen LogP contribution in [-0.2, 0) is 13.2 Å². The molecule has 0 aliphatic heterocycles. The Labute approximate surface area is 196 Å². The molecule has 0 unspecified atom stereocenters. The summed E-state index contributed by atoms with van der Waals surface area (Å²) in [6.45, 7) is 0.839. The van der Waals surface area contributed by atoms with E-state index in [9.17, 15) is 4.79 Å². The van der Waals surface area contributed by atoms with Crippen LogP contribution in [-0.4, -0.2) is 30.1 Å². The van der Waals surface area contributed by atoms with Gasteiger partial charge in [-0.15, -0.1) is 11.3 Å². The van der Waals surface area contributed by atoms with Gasteiger partial charge in [0.15, 0.2) is 11.5 Å². The lowest BCUT2D eigenvalue weighted by atomic mass is 10.2. The van der Waals surface area contributed by atoms with Gasteiger partial charge in [-0.1, -0.05) is 24.3 Å². The summed E-state index contributed by atoms with van der Waals surface area (Å²) in [6, 6.07) is 17.0. The number of nitrogens with one attached hydrogen (secondary N) is 1. The lowest BCUT2D eigenvalue weighted by molar-refractivity contribution is 0.0946. The van der Waals surface area contributed by atoms with Gasteiger partial charge in [-0.25, -0.2) is 4.98 Å². The molecule has 7 nitrogen and oxygen atoms in total. The van der Waals surface area contributed by atoms with E-state index in [2.05, 4.69) is 15.3 Å². The molecule has 4 aromatic rings. The molecule has 8 heteroatoms. The normalized spacial score (nSPS) is 10.5. The van der Waals surface area contributed by atoms with Crippen molar-refractivity contribution in [2.75, 3.05) is 14.2 Å². The molecular formula is C25H23N3O4S. The first-order chi connectivity index (χ1) is 16.2. The van der Waals surface area contributed by atoms with Crippen molar-refractivity contribution >= 4 is 17.2 Å². The summed E-state index contributed by atoms with van der Waals surface area (Å²) in [5.41, 5.74) is 3.10. The zero-order chi connectivity index (χ0) is 23.0. The first-order valence-electron chi connectivity index (χ1n) is 10.2. The summed E-state index contributed by atoms with van der Waals surface area (Å²) in [7, 11) is 3.17. The Kier molecular flexibility index (Phi) is 7.16. The highest BCUT2D eigenvalue weighted by atomic mass is 32.1. The predicted octanol–water partition coefficient (Wildman–Crippen LogP) is 4.73. The van der Waals surface area contributed by atoms with Crippen molar-refractivity contribution in [1.29, 1.82) is 0 Å². The van der Waals surface area contributed by atoms with Crippen LogP contribution in [0.3, 0.4) is 0 Å². The molecule has 0 aliphatic rings. The minimum Gasteiger partial charge on any atom is -0.493 e. The number of rotatable bonds is 9. The number of thiazole rings is 1. The number of methoxy groups -OCH3 is 2. The number of pyridine rings is 1. The van der Waals surface area contributed by atoms with Crippen molar-refractivity contribution < 1.29 is 19.0 Å². The van der Waals surface area contributed by atoms with Crippen molar-refractivity contribution in [2.45, 2.75) is 13.2 Å². The number of para-hydroxylation sites is 1. The van der Waals surface area contributed by atoms with Crippen molar-refractivity contribution in [3.8, 4) is 27.8 Å². The highest BCUT2D eigenvalue weighted by molar-refractivity contribution is 7.13. The lowest BCUT2D eigenvalue weighted by Crippen LogP contribution is -2.23. The lowest BCUT2D eigenvalue weighted by Gasteiger charge is -2.10. The number of benzene rings is 2. The molecule has 4 rings (SSSR count). The first kappa shape index (κ1) is 22.3. The maximum Gasteiger partial charge on any atom is 0.271 e. The summed E-state index contributed by atoms with van der Waals surface area (Å²) in [4.78, 5) is 21.2. The zero-order valence-corrected chi connectivity index (χ0v) is 19.1. The van der Waals surface area contributed by atoms with Gasteiger partial charge in [0.25, 0.3) is 5.91 Å². The molecule has 33 heavy (non-hydrogen) atoms. The molecule has 0 fully saturated rings. The molecule has 1 amide bonds. The molecule has 2 aromatic heterocycles. The maximum absolute atomic E-state index is 12.6. The van der Waals surface area contributed by atoms with Crippen LogP contribution < -0.4 is 19.5 Å². The van der Waals surface area contributed by atoms with Gasteiger partial charge in [0.1, 0.15) is 23.1 Å². The number of ether oxygens (including phenoxy) is 3. The van der Waals surface area contributed by atoms with Gasteiger partial charge in [-0.05, 0) is 35.9 Å². The molecule has 2 aromatic carbocycles. The summed E-state index contributed by atoms with van der Waals surface area (Å²) < 4.78 is 16.6. The highest BCUT2D eigenvalue weighted by Gasteiger charge is 2.17. The third kappa shape index (κ3) is 5.48. The molecule has 0 saturated carbocycles. The summed E-state index contributed by atoms with van der Waals surface area (Å²) >= 11 is 1.38. The summed E-state index contributed by atoms with van der Waals surface area (Å²) in [5.74, 6) is 1.72. The molecule has 0 bridgehead atoms. The second kappa shape index (κ2) is 10.6. The van der Waals surface area contributed by atoms with E-state index >= 15 is 0 Å². The Morgan fingerprint density at radius 2 is 1.85 bits per heavy atom. The zero-order valence-electron chi connectivity index (χ0n) is 18.3. The molecule has 0 spiro atoms. The SMILES string of the molecule is COc1cccc(-c2nc(C(=O)NCc3ccc(OCc4cccnc4)cc3)cs2)c1OC. The quantitative estimate of drug-likeness (QED) is 0.388. The van der Waals surface area contributed by atoms with Crippen LogP contribution in [0.5, 0.6) is 17.2 Å². The van der Waals surface area contributed by atoms with Gasteiger partial charge in [-0.3, -0.25) is 9.78 Å². The van der Waals surface area contributed by atoms with E-state index in [1.54, 1.807) is 32.0 Å². The van der Waals surface area contributed by atoms with Crippen molar-refractivity contribution in [3.05, 3.63) is 89.2 Å². The minimum absolute atomic E-state index is 0.240. The van der Waals surface area contributed by atoms with E-state index in [0.29, 0.717) is 35.4 Å². The number of nitrogens with zero attached hydrogens (tertiary/aromatic N) is 2. The predicted molar refractivity (Wildman–Crippen MR) is 127 cm³/mol. The van der Waals surface area contributed by atoms with E-state index in [-0.39, 0.29) is 5.91 Å². The third-order valence-electron chi connectivity index (χ3n) is 4.87. The number of aromatic nitrogens is 2. The molecule has 0 aliphatic carbocycles. The number of hydrogen-bond acceptors (Lipinski definition) is 7. The molecule has 0 saturated heterocycles. The Morgan fingerprint density at radius 1 is 1.00 bits per heavy atom. The topological polar surface area (TPSA) is 82.6 Å². The number of amides is 1. The van der Waals surface area contributed by atoms with Gasteiger partial charge in [0.2, 0.25) is 0 Å². The molecular weight excluding hydrogens is 438 g/mol. The minimum atomic E-state index is -0.240. The van der Waals surface area contributed by atoms with E-state index in [0.717, 1.165) is 22.4 Å². The third-order valence-corrected chi connectivity index (χ3v) is 5.75. The molecule has 168 valence electrons. The van der Waals surface area contributed by atoms with Crippen molar-refractivity contribution in [3.63, 3.8) is 0 Å². The smallest absolute Gasteiger partial charge is 0.271 e. The number of carbonyl (C=O) groups is 1. The van der Waals surface area contributed by atoms with Gasteiger partial charge in [0, 0.05) is 29.9 Å². The van der Waals surface area contributed by atoms with Gasteiger partial charge < -0.3 is 19.5 Å². The molecule has 0 atom stereocenters. The fourth-order valence-corrected chi connectivity index (χ4v) is 4.01. The van der Waals surface area contributed by atoms with Gasteiger partial charge >= 0.3 is 0 Å². The maximum atomic E-state index is 12.6. The summed E-state index contributed by atoms with van der Waals surface area (Å²) in [6.07, 6.45) is 3.51. The Balaban J connectivity index is 1.35. The standard InChI is InChI=1S/C25H23N3O4S/c1-30-22-7-3-6-20(23(22)31-2)25-28-21(16-33-25)24(29)27-14-17-8-10-19(11-9-17)32-15-18-5-4-12-26-13-18/h3-13,16H,14-15H2,1-2H3,(H,27,29). The molecule has 1 N–H and O–H groups in total. The summed E-state index contributed by atoms with van der Waals surface area (Å²) in [5, 5.41) is 5.33. The van der Waals surface area contributed by atoms with Crippen LogP contribution >= 0.6 is 11.3 Å². The van der Waals surface area contributed by atoms with E-state index < -0.39 is 0 Å². The largest absolute Gasteiger partial charge is 0.493 e. The first-order valence-corrected chi connectivity index (χ1v) is 11.1. The fourth-order valence-electron chi connectivity index (χ4n) is 3.18. The second-order valence-corrected chi connectivity index (χ2v) is 7.91. The monoisotopic (exact) mass is 461 g/mol. The average molecular weight is 462 g/mol. The van der Waals surface area contributed by atoms with Gasteiger partial charge in [-0.2, -0.15) is 0 Å². The van der Waals surface area contributed by atoms with Crippen LogP contribution in [0.15, 0.2) is 72.4 Å². The Morgan fingerprint density at radius 3 is 2.58 bits per heavy atom. The van der Waals surface area contributed by atoms with E-state index in [1.807, 2.05) is 54.6 Å². The fraction of sp³-hybridized carbons (Fsp3) is 0.160. The average Bonchev–Trinajstić information content (AvgIpc) is 3.37. The Bertz CT molecular complexity index is 1210. The van der Waals surface area contributed by atoms with Crippen LogP contribution in [0.4, 0.5) is 0 Å². The van der Waals surface area contributed by atoms with Gasteiger partial charge in [0.05, 0.1) is 19.8 Å². The van der Waals surface area contributed by atoms with Crippen LogP contribution in [0.2, 0.25) is 0 Å². The van der Waals surface area contributed by atoms with Crippen LogP contribution in [0.1, 0.15) is 21.6 Å².